The maximum Gasteiger partial charge on any atom is 0.231 e. The Kier molecular flexibility index (Phi) is 3.53. The summed E-state index contributed by atoms with van der Waals surface area (Å²) >= 11 is 0. The number of likely N-dealkylation sites (tertiary alicyclic amines) is 1. The van der Waals surface area contributed by atoms with Crippen molar-refractivity contribution in [3.8, 4) is 11.5 Å². The van der Waals surface area contributed by atoms with Crippen LogP contribution in [-0.2, 0) is 20.9 Å². The van der Waals surface area contributed by atoms with E-state index in [-0.39, 0.29) is 30.8 Å². The van der Waals surface area contributed by atoms with Crippen molar-refractivity contribution in [2.75, 3.05) is 13.3 Å². The topological polar surface area (TPSA) is 77.1 Å². The highest BCUT2D eigenvalue weighted by Gasteiger charge is 2.66. The molecular formula is C20H22N2O5. The van der Waals surface area contributed by atoms with Gasteiger partial charge in [-0.15, -0.1) is 0 Å². The monoisotopic (exact) mass is 370 g/mol. The Labute approximate surface area is 157 Å². The van der Waals surface area contributed by atoms with Gasteiger partial charge < -0.3 is 24.4 Å². The predicted octanol–water partition coefficient (Wildman–Crippen LogP) is 1.22. The summed E-state index contributed by atoms with van der Waals surface area (Å²) in [6.45, 7) is 4.97. The zero-order chi connectivity index (χ0) is 18.8. The molecule has 0 aromatic heterocycles. The molecule has 1 N–H and O–H groups in total. The summed E-state index contributed by atoms with van der Waals surface area (Å²) < 4.78 is 16.9. The van der Waals surface area contributed by atoms with E-state index in [1.54, 1.807) is 4.90 Å². The van der Waals surface area contributed by atoms with Crippen molar-refractivity contribution in [2.24, 2.45) is 11.8 Å². The summed E-state index contributed by atoms with van der Waals surface area (Å²) in [5.41, 5.74) is 0.280. The van der Waals surface area contributed by atoms with Gasteiger partial charge in [0.2, 0.25) is 18.6 Å². The highest BCUT2D eigenvalue weighted by Crippen LogP contribution is 2.52. The number of hydrogen-bond donors (Lipinski definition) is 1. The molecule has 0 unspecified atom stereocenters. The molecular weight excluding hydrogens is 348 g/mol. The largest absolute Gasteiger partial charge is 0.454 e. The first kappa shape index (κ1) is 16.6. The Morgan fingerprint density at radius 1 is 1.33 bits per heavy atom. The molecule has 0 radical (unpaired) electrons. The zero-order valence-electron chi connectivity index (χ0n) is 15.3. The third kappa shape index (κ3) is 2.45. The standard InChI is InChI=1S/C20H22N2O5/c1-11(2)21-18(23)16-14-5-6-20(27-14)9-22(19(24)17(16)20)8-12-3-4-13-15(7-12)26-10-25-13/h3-7,11,14,16-17H,8-10H2,1-2H3,(H,21,23)/t14-,16-,17-,20-/m1/s1. The normalized spacial score (nSPS) is 32.5. The first-order chi connectivity index (χ1) is 13.0. The van der Waals surface area contributed by atoms with Gasteiger partial charge in [0.25, 0.3) is 0 Å². The van der Waals surface area contributed by atoms with E-state index in [0.29, 0.717) is 18.8 Å². The highest BCUT2D eigenvalue weighted by atomic mass is 16.7. The van der Waals surface area contributed by atoms with Crippen LogP contribution in [-0.4, -0.2) is 47.8 Å². The number of nitrogens with one attached hydrogen (secondary N) is 1. The number of fused-ring (bicyclic) bond motifs is 2. The van der Waals surface area contributed by atoms with Crippen LogP contribution in [0, 0.1) is 11.8 Å². The van der Waals surface area contributed by atoms with Crippen LogP contribution in [0.25, 0.3) is 0 Å². The number of carbonyl (C=O) groups excluding carboxylic acids is 2. The Morgan fingerprint density at radius 3 is 2.96 bits per heavy atom. The lowest BCUT2D eigenvalue weighted by atomic mass is 9.76. The second-order valence-electron chi connectivity index (χ2n) is 7.95. The van der Waals surface area contributed by atoms with Gasteiger partial charge in [-0.2, -0.15) is 0 Å². The number of amides is 2. The average molecular weight is 370 g/mol. The molecule has 4 atom stereocenters. The van der Waals surface area contributed by atoms with Crippen molar-refractivity contribution in [2.45, 2.75) is 38.1 Å². The number of rotatable bonds is 4. The lowest BCUT2D eigenvalue weighted by molar-refractivity contribution is -0.138. The van der Waals surface area contributed by atoms with E-state index < -0.39 is 17.4 Å². The lowest BCUT2D eigenvalue weighted by Crippen LogP contribution is -2.45. The third-order valence-corrected chi connectivity index (χ3v) is 5.72. The van der Waals surface area contributed by atoms with Gasteiger partial charge in [-0.25, -0.2) is 0 Å². The summed E-state index contributed by atoms with van der Waals surface area (Å²) in [7, 11) is 0. The summed E-state index contributed by atoms with van der Waals surface area (Å²) in [5, 5.41) is 2.94. The number of benzene rings is 1. The Balaban J connectivity index is 1.38. The van der Waals surface area contributed by atoms with Gasteiger partial charge >= 0.3 is 0 Å². The van der Waals surface area contributed by atoms with Crippen molar-refractivity contribution in [1.29, 1.82) is 0 Å². The summed E-state index contributed by atoms with van der Waals surface area (Å²) in [6, 6.07) is 5.72. The minimum atomic E-state index is -0.683. The number of carbonyl (C=O) groups is 2. The number of ether oxygens (including phenoxy) is 3. The SMILES string of the molecule is CC(C)NC(=O)[C@@H]1[C@H]2C=C[C@]3(CN(Cc4ccc5c(c4)OCO5)C(=O)[C@@H]13)O2. The van der Waals surface area contributed by atoms with Crippen LogP contribution in [0.1, 0.15) is 19.4 Å². The molecule has 1 aromatic rings. The van der Waals surface area contributed by atoms with Gasteiger partial charge in [0.05, 0.1) is 24.5 Å². The molecule has 2 amide bonds. The molecule has 4 aliphatic heterocycles. The molecule has 4 aliphatic rings. The van der Waals surface area contributed by atoms with Gasteiger partial charge in [-0.3, -0.25) is 9.59 Å². The minimum Gasteiger partial charge on any atom is -0.454 e. The first-order valence-corrected chi connectivity index (χ1v) is 9.32. The maximum atomic E-state index is 13.2. The molecule has 2 bridgehead atoms. The summed E-state index contributed by atoms with van der Waals surface area (Å²) in [4.78, 5) is 27.7. The molecule has 142 valence electrons. The fourth-order valence-corrected chi connectivity index (χ4v) is 4.65. The van der Waals surface area contributed by atoms with Crippen LogP contribution in [0.2, 0.25) is 0 Å². The van der Waals surface area contributed by atoms with Gasteiger partial charge in [0.15, 0.2) is 11.5 Å². The number of nitrogens with zero attached hydrogens (tertiary/aromatic N) is 1. The van der Waals surface area contributed by atoms with Gasteiger partial charge in [-0.1, -0.05) is 18.2 Å². The van der Waals surface area contributed by atoms with Crippen LogP contribution in [0.15, 0.2) is 30.4 Å². The van der Waals surface area contributed by atoms with E-state index in [2.05, 4.69) is 5.32 Å². The van der Waals surface area contributed by atoms with Crippen LogP contribution in [0.4, 0.5) is 0 Å². The van der Waals surface area contributed by atoms with Crippen LogP contribution >= 0.6 is 0 Å². The quantitative estimate of drug-likeness (QED) is 0.807. The van der Waals surface area contributed by atoms with Gasteiger partial charge in [0.1, 0.15) is 5.60 Å². The zero-order valence-corrected chi connectivity index (χ0v) is 15.3. The van der Waals surface area contributed by atoms with Crippen molar-refractivity contribution in [3.63, 3.8) is 0 Å². The molecule has 7 nitrogen and oxygen atoms in total. The molecule has 2 saturated heterocycles. The summed E-state index contributed by atoms with van der Waals surface area (Å²) in [5.74, 6) is 0.362. The van der Waals surface area contributed by atoms with E-state index in [0.717, 1.165) is 11.3 Å². The molecule has 1 spiro atoms. The Hall–Kier alpha value is -2.54. The van der Waals surface area contributed by atoms with Crippen molar-refractivity contribution >= 4 is 11.8 Å². The second-order valence-corrected chi connectivity index (χ2v) is 7.95. The minimum absolute atomic E-state index is 0.0246. The molecule has 2 fully saturated rings. The van der Waals surface area contributed by atoms with Crippen LogP contribution < -0.4 is 14.8 Å². The smallest absolute Gasteiger partial charge is 0.231 e. The fraction of sp³-hybridized carbons (Fsp3) is 0.500. The second kappa shape index (κ2) is 5.73. The van der Waals surface area contributed by atoms with E-state index in [9.17, 15) is 9.59 Å². The van der Waals surface area contributed by atoms with E-state index >= 15 is 0 Å². The first-order valence-electron chi connectivity index (χ1n) is 9.32. The van der Waals surface area contributed by atoms with E-state index in [1.807, 2.05) is 44.2 Å². The molecule has 0 saturated carbocycles. The van der Waals surface area contributed by atoms with Crippen LogP contribution in [0.3, 0.4) is 0 Å². The van der Waals surface area contributed by atoms with E-state index in [4.69, 9.17) is 14.2 Å². The maximum absolute atomic E-state index is 13.2. The van der Waals surface area contributed by atoms with Crippen molar-refractivity contribution in [1.82, 2.24) is 10.2 Å². The molecule has 1 aromatic carbocycles. The molecule has 5 rings (SSSR count). The van der Waals surface area contributed by atoms with Gasteiger partial charge in [0, 0.05) is 12.6 Å². The molecule has 0 aliphatic carbocycles. The predicted molar refractivity (Wildman–Crippen MR) is 95.0 cm³/mol. The van der Waals surface area contributed by atoms with Crippen molar-refractivity contribution < 1.29 is 23.8 Å². The third-order valence-electron chi connectivity index (χ3n) is 5.72. The fourth-order valence-electron chi connectivity index (χ4n) is 4.65. The Bertz CT molecular complexity index is 851. The van der Waals surface area contributed by atoms with Gasteiger partial charge in [-0.05, 0) is 31.5 Å². The molecule has 4 heterocycles. The van der Waals surface area contributed by atoms with Crippen molar-refractivity contribution in [3.05, 3.63) is 35.9 Å². The summed E-state index contributed by atoms with van der Waals surface area (Å²) in [6.07, 6.45) is 3.59. The molecule has 7 heteroatoms. The van der Waals surface area contributed by atoms with Crippen LogP contribution in [0.5, 0.6) is 11.5 Å². The lowest BCUT2D eigenvalue weighted by Gasteiger charge is -2.24. The average Bonchev–Trinajstić information content (AvgIpc) is 3.35. The number of hydrogen-bond acceptors (Lipinski definition) is 5. The Morgan fingerprint density at radius 2 is 2.15 bits per heavy atom. The molecule has 27 heavy (non-hydrogen) atoms. The van der Waals surface area contributed by atoms with E-state index in [1.165, 1.54) is 0 Å². The highest BCUT2D eigenvalue weighted by molar-refractivity contribution is 5.93.